The lowest BCUT2D eigenvalue weighted by Gasteiger charge is -2.11. The molecule has 0 saturated heterocycles. The van der Waals surface area contributed by atoms with Crippen molar-refractivity contribution in [1.29, 1.82) is 0 Å². The topological polar surface area (TPSA) is 20.2 Å². The van der Waals surface area contributed by atoms with Gasteiger partial charge in [0, 0.05) is 0 Å². The van der Waals surface area contributed by atoms with Crippen LogP contribution in [0.2, 0.25) is 0 Å². The van der Waals surface area contributed by atoms with E-state index in [-0.39, 0.29) is 0 Å². The summed E-state index contributed by atoms with van der Waals surface area (Å²) >= 11 is 0. The molecule has 0 atom stereocenters. The first-order valence-electron chi connectivity index (χ1n) is 7.69. The molecule has 0 aromatic heterocycles. The van der Waals surface area contributed by atoms with Gasteiger partial charge in [-0.05, 0) is 51.2 Å². The van der Waals surface area contributed by atoms with Gasteiger partial charge in [0.1, 0.15) is 5.75 Å². The number of benzene rings is 4. The highest BCUT2D eigenvalue weighted by atomic mass is 16.3. The smallest absolute Gasteiger partial charge is 0.116 e. The second-order valence-corrected chi connectivity index (χ2v) is 5.66. The van der Waals surface area contributed by atoms with Crippen LogP contribution in [0.3, 0.4) is 0 Å². The Morgan fingerprint density at radius 1 is 0.478 bits per heavy atom. The zero-order valence-corrected chi connectivity index (χ0v) is 12.6. The van der Waals surface area contributed by atoms with E-state index in [1.807, 2.05) is 12.1 Å². The molecule has 23 heavy (non-hydrogen) atoms. The van der Waals surface area contributed by atoms with Crippen molar-refractivity contribution in [2.24, 2.45) is 0 Å². The summed E-state index contributed by atoms with van der Waals surface area (Å²) in [5.41, 5.74) is 4.84. The minimum atomic E-state index is 0.301. The highest BCUT2D eigenvalue weighted by Gasteiger charge is 2.07. The molecule has 1 heteroatoms. The summed E-state index contributed by atoms with van der Waals surface area (Å²) in [7, 11) is 0. The molecule has 0 amide bonds. The van der Waals surface area contributed by atoms with Gasteiger partial charge >= 0.3 is 0 Å². The number of phenols is 1. The summed E-state index contributed by atoms with van der Waals surface area (Å²) in [6, 6.07) is 30.7. The summed E-state index contributed by atoms with van der Waals surface area (Å²) < 4.78 is 0. The fourth-order valence-corrected chi connectivity index (χ4v) is 3.00. The van der Waals surface area contributed by atoms with Crippen LogP contribution in [-0.4, -0.2) is 5.11 Å². The lowest BCUT2D eigenvalue weighted by atomic mass is 9.93. The molecule has 4 aromatic carbocycles. The van der Waals surface area contributed by atoms with Crippen LogP contribution in [0.25, 0.3) is 33.0 Å². The second-order valence-electron chi connectivity index (χ2n) is 5.66. The Morgan fingerprint density at radius 3 is 1.87 bits per heavy atom. The van der Waals surface area contributed by atoms with Gasteiger partial charge in [-0.1, -0.05) is 72.8 Å². The second kappa shape index (κ2) is 5.62. The van der Waals surface area contributed by atoms with Crippen LogP contribution in [0.4, 0.5) is 0 Å². The first kappa shape index (κ1) is 13.6. The average molecular weight is 296 g/mol. The quantitative estimate of drug-likeness (QED) is 0.490. The number of hydrogen-bond acceptors (Lipinski definition) is 1. The van der Waals surface area contributed by atoms with E-state index in [1.165, 1.54) is 22.3 Å². The molecule has 0 unspecified atom stereocenters. The zero-order valence-electron chi connectivity index (χ0n) is 12.6. The SMILES string of the molecule is Oc1ccc2cc(-c3ccccc3-c3ccccc3)ccc2c1. The monoisotopic (exact) mass is 296 g/mol. The molecule has 0 heterocycles. The third kappa shape index (κ3) is 2.58. The third-order valence-corrected chi connectivity index (χ3v) is 4.15. The predicted molar refractivity (Wildman–Crippen MR) is 96.5 cm³/mol. The van der Waals surface area contributed by atoms with Gasteiger partial charge in [0.2, 0.25) is 0 Å². The Kier molecular flexibility index (Phi) is 3.32. The summed E-state index contributed by atoms with van der Waals surface area (Å²) in [4.78, 5) is 0. The Morgan fingerprint density at radius 2 is 1.09 bits per heavy atom. The third-order valence-electron chi connectivity index (χ3n) is 4.15. The lowest BCUT2D eigenvalue weighted by molar-refractivity contribution is 0.476. The van der Waals surface area contributed by atoms with Crippen LogP contribution in [0, 0.1) is 0 Å². The number of rotatable bonds is 2. The highest BCUT2D eigenvalue weighted by Crippen LogP contribution is 2.33. The van der Waals surface area contributed by atoms with Crippen molar-refractivity contribution in [3.05, 3.63) is 91.0 Å². The Labute approximate surface area is 135 Å². The van der Waals surface area contributed by atoms with Crippen LogP contribution < -0.4 is 0 Å². The van der Waals surface area contributed by atoms with Gasteiger partial charge in [-0.15, -0.1) is 0 Å². The molecule has 0 spiro atoms. The lowest BCUT2D eigenvalue weighted by Crippen LogP contribution is -1.85. The molecule has 0 fully saturated rings. The van der Waals surface area contributed by atoms with E-state index in [0.29, 0.717) is 5.75 Å². The molecular formula is C22H16O. The van der Waals surface area contributed by atoms with E-state index in [1.54, 1.807) is 12.1 Å². The van der Waals surface area contributed by atoms with Crippen molar-refractivity contribution in [1.82, 2.24) is 0 Å². The minimum Gasteiger partial charge on any atom is -0.508 e. The van der Waals surface area contributed by atoms with Crippen molar-refractivity contribution >= 4 is 10.8 Å². The predicted octanol–water partition coefficient (Wildman–Crippen LogP) is 5.88. The Balaban J connectivity index is 1.90. The van der Waals surface area contributed by atoms with Crippen molar-refractivity contribution in [3.63, 3.8) is 0 Å². The first-order valence-corrected chi connectivity index (χ1v) is 7.69. The Hall–Kier alpha value is -3.06. The highest BCUT2D eigenvalue weighted by molar-refractivity contribution is 5.91. The normalized spacial score (nSPS) is 10.8. The maximum Gasteiger partial charge on any atom is 0.116 e. The number of hydrogen-bond donors (Lipinski definition) is 1. The molecule has 4 aromatic rings. The van der Waals surface area contributed by atoms with Crippen molar-refractivity contribution in [3.8, 4) is 28.0 Å². The fraction of sp³-hybridized carbons (Fsp3) is 0. The Bertz CT molecular complexity index is 971. The van der Waals surface area contributed by atoms with Gasteiger partial charge in [-0.3, -0.25) is 0 Å². The van der Waals surface area contributed by atoms with Gasteiger partial charge in [0.05, 0.1) is 0 Å². The number of fused-ring (bicyclic) bond motifs is 1. The molecule has 0 aliphatic carbocycles. The van der Waals surface area contributed by atoms with Crippen molar-refractivity contribution < 1.29 is 5.11 Å². The van der Waals surface area contributed by atoms with Crippen LogP contribution >= 0.6 is 0 Å². The minimum absolute atomic E-state index is 0.301. The average Bonchev–Trinajstić information content (AvgIpc) is 2.62. The number of aromatic hydroxyl groups is 1. The van der Waals surface area contributed by atoms with E-state index < -0.39 is 0 Å². The standard InChI is InChI=1S/C22H16O/c23-20-13-12-17-14-19(11-10-18(17)15-20)22-9-5-4-8-21(22)16-6-2-1-3-7-16/h1-15,23H. The van der Waals surface area contributed by atoms with Gasteiger partial charge in [-0.2, -0.15) is 0 Å². The summed E-state index contributed by atoms with van der Waals surface area (Å²) in [5.74, 6) is 0.301. The summed E-state index contributed by atoms with van der Waals surface area (Å²) in [6.07, 6.45) is 0. The van der Waals surface area contributed by atoms with E-state index in [4.69, 9.17) is 0 Å². The maximum atomic E-state index is 9.61. The molecule has 1 N–H and O–H groups in total. The maximum absolute atomic E-state index is 9.61. The molecule has 0 aliphatic rings. The summed E-state index contributed by atoms with van der Waals surface area (Å²) in [5, 5.41) is 11.8. The number of phenolic OH excluding ortho intramolecular Hbond substituents is 1. The largest absolute Gasteiger partial charge is 0.508 e. The molecule has 110 valence electrons. The van der Waals surface area contributed by atoms with Crippen molar-refractivity contribution in [2.45, 2.75) is 0 Å². The van der Waals surface area contributed by atoms with Crippen LogP contribution in [-0.2, 0) is 0 Å². The molecule has 4 rings (SSSR count). The van der Waals surface area contributed by atoms with Gasteiger partial charge in [-0.25, -0.2) is 0 Å². The van der Waals surface area contributed by atoms with Crippen LogP contribution in [0.15, 0.2) is 91.0 Å². The van der Waals surface area contributed by atoms with Crippen LogP contribution in [0.1, 0.15) is 0 Å². The molecule has 0 radical (unpaired) electrons. The fourth-order valence-electron chi connectivity index (χ4n) is 3.00. The van der Waals surface area contributed by atoms with E-state index in [2.05, 4.69) is 66.7 Å². The van der Waals surface area contributed by atoms with Gasteiger partial charge < -0.3 is 5.11 Å². The molecular weight excluding hydrogens is 280 g/mol. The summed E-state index contributed by atoms with van der Waals surface area (Å²) in [6.45, 7) is 0. The van der Waals surface area contributed by atoms with Gasteiger partial charge in [0.25, 0.3) is 0 Å². The van der Waals surface area contributed by atoms with Crippen LogP contribution in [0.5, 0.6) is 5.75 Å². The van der Waals surface area contributed by atoms with E-state index in [9.17, 15) is 5.11 Å². The molecule has 0 bridgehead atoms. The zero-order chi connectivity index (χ0) is 15.6. The molecule has 0 saturated carbocycles. The van der Waals surface area contributed by atoms with E-state index in [0.717, 1.165) is 10.8 Å². The first-order chi connectivity index (χ1) is 11.3. The van der Waals surface area contributed by atoms with Crippen molar-refractivity contribution in [2.75, 3.05) is 0 Å². The molecule has 1 nitrogen and oxygen atoms in total. The molecule has 0 aliphatic heterocycles. The van der Waals surface area contributed by atoms with Gasteiger partial charge in [0.15, 0.2) is 0 Å². The van der Waals surface area contributed by atoms with E-state index >= 15 is 0 Å².